The van der Waals surface area contributed by atoms with Crippen LogP contribution in [0.2, 0.25) is 0 Å². The van der Waals surface area contributed by atoms with Crippen LogP contribution in [0.3, 0.4) is 0 Å². The molecule has 14 heavy (non-hydrogen) atoms. The maximum absolute atomic E-state index is 5.39. The number of nitrogens with zero attached hydrogens (tertiary/aromatic N) is 2. The molecular formula is C10H18N4. The second kappa shape index (κ2) is 5.54. The van der Waals surface area contributed by atoms with Crippen LogP contribution < -0.4 is 11.1 Å². The molecule has 0 amide bonds. The zero-order valence-electron chi connectivity index (χ0n) is 8.83. The molecule has 78 valence electrons. The molecular weight excluding hydrogens is 176 g/mol. The Hall–Kier alpha value is -1.16. The van der Waals surface area contributed by atoms with Gasteiger partial charge in [0.25, 0.3) is 0 Å². The van der Waals surface area contributed by atoms with Crippen molar-refractivity contribution < 1.29 is 0 Å². The Balaban J connectivity index is 2.68. The molecule has 1 aromatic heterocycles. The Morgan fingerprint density at radius 3 is 2.93 bits per heavy atom. The van der Waals surface area contributed by atoms with Crippen LogP contribution >= 0.6 is 0 Å². The third-order valence-electron chi connectivity index (χ3n) is 2.26. The summed E-state index contributed by atoms with van der Waals surface area (Å²) in [5, 5.41) is 3.14. The van der Waals surface area contributed by atoms with Crippen molar-refractivity contribution in [2.45, 2.75) is 26.2 Å². The number of rotatable bonds is 5. The predicted octanol–water partition coefficient (Wildman–Crippen LogP) is 1.36. The summed E-state index contributed by atoms with van der Waals surface area (Å²) in [5.41, 5.74) is 6.48. The molecule has 0 fully saturated rings. The summed E-state index contributed by atoms with van der Waals surface area (Å²) in [7, 11) is 0. The van der Waals surface area contributed by atoms with Crippen molar-refractivity contribution in [3.63, 3.8) is 0 Å². The van der Waals surface area contributed by atoms with Gasteiger partial charge in [-0.1, -0.05) is 13.8 Å². The topological polar surface area (TPSA) is 63.8 Å². The quantitative estimate of drug-likeness (QED) is 0.743. The molecule has 3 N–H and O–H groups in total. The normalized spacial score (nSPS) is 12.5. The van der Waals surface area contributed by atoms with E-state index in [1.165, 1.54) is 0 Å². The van der Waals surface area contributed by atoms with Gasteiger partial charge in [-0.15, -0.1) is 0 Å². The number of nitrogens with two attached hydrogens (primary N) is 1. The van der Waals surface area contributed by atoms with Gasteiger partial charge in [0.15, 0.2) is 0 Å². The number of hydrogen-bond acceptors (Lipinski definition) is 4. The van der Waals surface area contributed by atoms with Crippen LogP contribution in [0.25, 0.3) is 0 Å². The molecule has 1 heterocycles. The van der Waals surface area contributed by atoms with Crippen LogP contribution in [-0.4, -0.2) is 23.1 Å². The molecule has 1 aromatic rings. The smallest absolute Gasteiger partial charge is 0.129 e. The summed E-state index contributed by atoms with van der Waals surface area (Å²) in [4.78, 5) is 8.35. The number of aromatic nitrogens is 2. The van der Waals surface area contributed by atoms with Crippen molar-refractivity contribution in [2.24, 2.45) is 5.73 Å². The lowest BCUT2D eigenvalue weighted by Crippen LogP contribution is -2.14. The first-order valence-corrected chi connectivity index (χ1v) is 5.03. The van der Waals surface area contributed by atoms with Gasteiger partial charge in [0, 0.05) is 24.8 Å². The van der Waals surface area contributed by atoms with E-state index in [9.17, 15) is 0 Å². The van der Waals surface area contributed by atoms with Crippen LogP contribution in [0, 0.1) is 0 Å². The minimum atomic E-state index is 0.483. The number of anilines is 1. The zero-order chi connectivity index (χ0) is 10.4. The molecule has 0 bridgehead atoms. The highest BCUT2D eigenvalue weighted by Crippen LogP contribution is 2.17. The molecule has 1 atom stereocenters. The first-order chi connectivity index (χ1) is 6.77. The highest BCUT2D eigenvalue weighted by atomic mass is 15.0. The van der Waals surface area contributed by atoms with E-state index in [1.807, 2.05) is 6.07 Å². The van der Waals surface area contributed by atoms with Gasteiger partial charge in [0.2, 0.25) is 0 Å². The van der Waals surface area contributed by atoms with Crippen molar-refractivity contribution in [1.29, 1.82) is 0 Å². The summed E-state index contributed by atoms with van der Waals surface area (Å²) in [6.07, 6.45) is 2.69. The summed E-state index contributed by atoms with van der Waals surface area (Å²) >= 11 is 0. The fourth-order valence-electron chi connectivity index (χ4n) is 1.15. The maximum atomic E-state index is 5.39. The van der Waals surface area contributed by atoms with E-state index < -0.39 is 0 Å². The Morgan fingerprint density at radius 1 is 1.50 bits per heavy atom. The number of nitrogens with one attached hydrogen (secondary N) is 1. The monoisotopic (exact) mass is 194 g/mol. The summed E-state index contributed by atoms with van der Waals surface area (Å²) < 4.78 is 0. The third kappa shape index (κ3) is 2.96. The molecule has 0 aliphatic heterocycles. The van der Waals surface area contributed by atoms with E-state index in [4.69, 9.17) is 5.73 Å². The van der Waals surface area contributed by atoms with E-state index in [0.717, 1.165) is 24.5 Å². The molecule has 1 rings (SSSR count). The second-order valence-electron chi connectivity index (χ2n) is 3.35. The van der Waals surface area contributed by atoms with E-state index >= 15 is 0 Å². The van der Waals surface area contributed by atoms with E-state index in [-0.39, 0.29) is 0 Å². The van der Waals surface area contributed by atoms with Gasteiger partial charge in [-0.25, -0.2) is 9.97 Å². The minimum Gasteiger partial charge on any atom is -0.369 e. The molecule has 4 nitrogen and oxygen atoms in total. The van der Waals surface area contributed by atoms with Crippen molar-refractivity contribution in [3.8, 4) is 0 Å². The van der Waals surface area contributed by atoms with Gasteiger partial charge in [-0.3, -0.25) is 0 Å². The van der Waals surface area contributed by atoms with E-state index in [0.29, 0.717) is 12.5 Å². The second-order valence-corrected chi connectivity index (χ2v) is 3.35. The van der Waals surface area contributed by atoms with Crippen LogP contribution in [0.5, 0.6) is 0 Å². The van der Waals surface area contributed by atoms with Crippen LogP contribution in [-0.2, 0) is 0 Å². The lowest BCUT2D eigenvalue weighted by atomic mass is 10.1. The average molecular weight is 194 g/mol. The SMILES string of the molecule is CCC(C)c1cc(NCCN)ncn1. The standard InChI is InChI=1S/C10H18N4/c1-3-8(2)9-6-10(12-5-4-11)14-7-13-9/h6-8H,3-5,11H2,1-2H3,(H,12,13,14). The van der Waals surface area contributed by atoms with Crippen molar-refractivity contribution in [3.05, 3.63) is 18.1 Å². The van der Waals surface area contributed by atoms with Crippen LogP contribution in [0.1, 0.15) is 31.9 Å². The fourth-order valence-corrected chi connectivity index (χ4v) is 1.15. The first kappa shape index (κ1) is 10.9. The molecule has 0 saturated heterocycles. The minimum absolute atomic E-state index is 0.483. The van der Waals surface area contributed by atoms with Crippen molar-refractivity contribution in [2.75, 3.05) is 18.4 Å². The van der Waals surface area contributed by atoms with Gasteiger partial charge in [0.05, 0.1) is 0 Å². The highest BCUT2D eigenvalue weighted by Gasteiger charge is 2.05. The lowest BCUT2D eigenvalue weighted by Gasteiger charge is -2.09. The molecule has 1 unspecified atom stereocenters. The molecule has 0 spiro atoms. The molecule has 4 heteroatoms. The highest BCUT2D eigenvalue weighted by molar-refractivity contribution is 5.35. The molecule has 0 saturated carbocycles. The first-order valence-electron chi connectivity index (χ1n) is 5.03. The third-order valence-corrected chi connectivity index (χ3v) is 2.26. The fraction of sp³-hybridized carbons (Fsp3) is 0.600. The molecule has 0 radical (unpaired) electrons. The Bertz CT molecular complexity index is 275. The summed E-state index contributed by atoms with van der Waals surface area (Å²) in [5.74, 6) is 1.34. The Morgan fingerprint density at radius 2 is 2.29 bits per heavy atom. The number of hydrogen-bond donors (Lipinski definition) is 2. The summed E-state index contributed by atoms with van der Waals surface area (Å²) in [6.45, 7) is 5.68. The molecule has 0 aliphatic carbocycles. The lowest BCUT2D eigenvalue weighted by molar-refractivity contribution is 0.704. The predicted molar refractivity (Wildman–Crippen MR) is 58.3 cm³/mol. The Labute approximate surface area is 85.0 Å². The van der Waals surface area contributed by atoms with Crippen molar-refractivity contribution in [1.82, 2.24) is 9.97 Å². The van der Waals surface area contributed by atoms with Gasteiger partial charge < -0.3 is 11.1 Å². The Kier molecular flexibility index (Phi) is 4.32. The molecule has 0 aliphatic rings. The summed E-state index contributed by atoms with van der Waals surface area (Å²) in [6, 6.07) is 1.99. The van der Waals surface area contributed by atoms with Crippen LogP contribution in [0.4, 0.5) is 5.82 Å². The van der Waals surface area contributed by atoms with Crippen LogP contribution in [0.15, 0.2) is 12.4 Å². The van der Waals surface area contributed by atoms with Crippen molar-refractivity contribution >= 4 is 5.82 Å². The maximum Gasteiger partial charge on any atom is 0.129 e. The average Bonchev–Trinajstić information content (AvgIpc) is 2.25. The van der Waals surface area contributed by atoms with Gasteiger partial charge in [0.1, 0.15) is 12.1 Å². The van der Waals surface area contributed by atoms with Gasteiger partial charge in [-0.2, -0.15) is 0 Å². The van der Waals surface area contributed by atoms with E-state index in [2.05, 4.69) is 29.1 Å². The largest absolute Gasteiger partial charge is 0.369 e. The zero-order valence-corrected chi connectivity index (χ0v) is 8.83. The van der Waals surface area contributed by atoms with Gasteiger partial charge in [-0.05, 0) is 12.3 Å². The molecule has 0 aromatic carbocycles. The van der Waals surface area contributed by atoms with Gasteiger partial charge >= 0.3 is 0 Å². The van der Waals surface area contributed by atoms with E-state index in [1.54, 1.807) is 6.33 Å².